The number of hydrogen-bond donors (Lipinski definition) is 0. The number of benzene rings is 1. The summed E-state index contributed by atoms with van der Waals surface area (Å²) in [6.07, 6.45) is -4.73. The lowest BCUT2D eigenvalue weighted by Crippen LogP contribution is -2.17. The molecule has 0 spiro atoms. The van der Waals surface area contributed by atoms with E-state index in [1.807, 2.05) is 0 Å². The van der Waals surface area contributed by atoms with E-state index in [2.05, 4.69) is 17.4 Å². The van der Waals surface area contributed by atoms with Crippen LogP contribution in [0.4, 0.5) is 13.2 Å². The molecule has 0 N–H and O–H groups in total. The minimum Gasteiger partial charge on any atom is -0.404 e. The van der Waals surface area contributed by atoms with Crippen LogP contribution in [0.3, 0.4) is 0 Å². The van der Waals surface area contributed by atoms with Crippen molar-refractivity contribution in [2.75, 3.05) is 0 Å². The van der Waals surface area contributed by atoms with Crippen LogP contribution in [0.25, 0.3) is 0 Å². The highest BCUT2D eigenvalue weighted by Crippen LogP contribution is 2.31. The zero-order valence-electron chi connectivity index (χ0n) is 6.06. The number of hydrogen-bond acceptors (Lipinski definition) is 1. The quantitative estimate of drug-likeness (QED) is 0.709. The van der Waals surface area contributed by atoms with Gasteiger partial charge in [0.1, 0.15) is 5.75 Å². The number of rotatable bonds is 1. The summed E-state index contributed by atoms with van der Waals surface area (Å²) in [5.74, 6) is -0.442. The van der Waals surface area contributed by atoms with Gasteiger partial charge in [-0.25, -0.2) is 0 Å². The average molecular weight is 228 g/mol. The lowest BCUT2D eigenvalue weighted by molar-refractivity contribution is -0.274. The molecule has 0 atom stereocenters. The average Bonchev–Trinajstić information content (AvgIpc) is 1.93. The van der Waals surface area contributed by atoms with Crippen LogP contribution in [0.15, 0.2) is 23.1 Å². The summed E-state index contributed by atoms with van der Waals surface area (Å²) in [6.45, 7) is 0. The van der Waals surface area contributed by atoms with Gasteiger partial charge in [-0.05, 0) is 18.2 Å². The molecule has 71 valence electrons. The minimum absolute atomic E-state index is 0.148. The van der Waals surface area contributed by atoms with Gasteiger partial charge < -0.3 is 4.74 Å². The van der Waals surface area contributed by atoms with Gasteiger partial charge in [0, 0.05) is 4.90 Å². The van der Waals surface area contributed by atoms with E-state index in [1.54, 1.807) is 0 Å². The van der Waals surface area contributed by atoms with E-state index < -0.39 is 12.1 Å². The van der Waals surface area contributed by atoms with Crippen molar-refractivity contribution in [2.24, 2.45) is 0 Å². The van der Waals surface area contributed by atoms with Crippen LogP contribution in [0.2, 0.25) is 5.02 Å². The molecular formula is C7H3ClF3OS. The maximum absolute atomic E-state index is 11.7. The summed E-state index contributed by atoms with van der Waals surface area (Å²) in [5, 5.41) is -0.148. The Bertz CT molecular complexity index is 313. The smallest absolute Gasteiger partial charge is 0.404 e. The van der Waals surface area contributed by atoms with E-state index in [0.29, 0.717) is 4.90 Å². The molecule has 13 heavy (non-hydrogen) atoms. The van der Waals surface area contributed by atoms with Gasteiger partial charge in [0.15, 0.2) is 0 Å². The predicted octanol–water partition coefficient (Wildman–Crippen LogP) is 3.80. The van der Waals surface area contributed by atoms with Crippen LogP contribution in [-0.2, 0) is 0 Å². The Morgan fingerprint density at radius 3 is 2.38 bits per heavy atom. The van der Waals surface area contributed by atoms with Crippen molar-refractivity contribution in [2.45, 2.75) is 11.3 Å². The van der Waals surface area contributed by atoms with Crippen molar-refractivity contribution in [1.29, 1.82) is 0 Å². The highest BCUT2D eigenvalue weighted by molar-refractivity contribution is 7.80. The number of alkyl halides is 3. The Balaban J connectivity index is 2.90. The van der Waals surface area contributed by atoms with Crippen molar-refractivity contribution in [1.82, 2.24) is 0 Å². The molecular weight excluding hydrogens is 225 g/mol. The van der Waals surface area contributed by atoms with Crippen LogP contribution in [0, 0.1) is 0 Å². The van der Waals surface area contributed by atoms with Gasteiger partial charge in [-0.15, -0.1) is 13.2 Å². The third kappa shape index (κ3) is 3.28. The summed E-state index contributed by atoms with van der Waals surface area (Å²) in [5.41, 5.74) is 0. The third-order valence-corrected chi connectivity index (χ3v) is 1.68. The van der Waals surface area contributed by atoms with Gasteiger partial charge in [0.25, 0.3) is 0 Å². The van der Waals surface area contributed by atoms with Gasteiger partial charge >= 0.3 is 6.36 Å². The highest BCUT2D eigenvalue weighted by atomic mass is 35.5. The SMILES string of the molecule is FC(F)(F)Oc1ccc([S])cc1Cl. The van der Waals surface area contributed by atoms with Gasteiger partial charge in [0.05, 0.1) is 5.02 Å². The van der Waals surface area contributed by atoms with Gasteiger partial charge in [-0.2, -0.15) is 0 Å². The second-order valence-electron chi connectivity index (χ2n) is 2.14. The van der Waals surface area contributed by atoms with E-state index in [1.165, 1.54) is 12.1 Å². The fraction of sp³-hybridized carbons (Fsp3) is 0.143. The second-order valence-corrected chi connectivity index (χ2v) is 3.02. The van der Waals surface area contributed by atoms with Crippen molar-refractivity contribution >= 4 is 24.2 Å². The molecule has 0 unspecified atom stereocenters. The molecule has 1 radical (unpaired) electrons. The molecule has 0 aliphatic carbocycles. The first-order valence-electron chi connectivity index (χ1n) is 3.11. The molecule has 1 rings (SSSR count). The molecule has 6 heteroatoms. The topological polar surface area (TPSA) is 9.23 Å². The van der Waals surface area contributed by atoms with E-state index in [9.17, 15) is 13.2 Å². The Kier molecular flexibility index (Phi) is 2.87. The van der Waals surface area contributed by atoms with Gasteiger partial charge in [-0.3, -0.25) is 0 Å². The van der Waals surface area contributed by atoms with Crippen molar-refractivity contribution < 1.29 is 17.9 Å². The third-order valence-electron chi connectivity index (χ3n) is 1.13. The summed E-state index contributed by atoms with van der Waals surface area (Å²) >= 11 is 10.1. The largest absolute Gasteiger partial charge is 0.573 e. The fourth-order valence-electron chi connectivity index (χ4n) is 0.689. The molecule has 0 heterocycles. The van der Waals surface area contributed by atoms with Crippen LogP contribution < -0.4 is 4.74 Å². The minimum atomic E-state index is -4.73. The standard InChI is InChI=1S/C7H3ClF3OS/c8-5-3-4(13)1-2-6(5)12-7(9,10)11/h1-3H. The number of ether oxygens (including phenoxy) is 1. The van der Waals surface area contributed by atoms with Crippen molar-refractivity contribution in [3.8, 4) is 5.75 Å². The normalized spacial score (nSPS) is 11.4. The Hall–Kier alpha value is -0.680. The van der Waals surface area contributed by atoms with Crippen LogP contribution in [0.1, 0.15) is 0 Å². The molecule has 0 amide bonds. The molecule has 1 aromatic carbocycles. The monoisotopic (exact) mass is 227 g/mol. The van der Waals surface area contributed by atoms with Gasteiger partial charge in [-0.1, -0.05) is 24.2 Å². The Morgan fingerprint density at radius 1 is 1.31 bits per heavy atom. The first-order valence-corrected chi connectivity index (χ1v) is 3.89. The molecule has 0 aromatic heterocycles. The van der Waals surface area contributed by atoms with Crippen molar-refractivity contribution in [3.05, 3.63) is 23.2 Å². The number of halogens is 4. The fourth-order valence-corrected chi connectivity index (χ4v) is 1.16. The summed E-state index contributed by atoms with van der Waals surface area (Å²) in [4.78, 5) is 0.361. The molecule has 0 saturated heterocycles. The van der Waals surface area contributed by atoms with E-state index in [0.717, 1.165) is 6.07 Å². The molecule has 0 aliphatic rings. The molecule has 0 fully saturated rings. The molecule has 0 saturated carbocycles. The van der Waals surface area contributed by atoms with E-state index in [-0.39, 0.29) is 5.02 Å². The van der Waals surface area contributed by atoms with Crippen molar-refractivity contribution in [3.63, 3.8) is 0 Å². The zero-order chi connectivity index (χ0) is 10.1. The van der Waals surface area contributed by atoms with Crippen LogP contribution in [-0.4, -0.2) is 6.36 Å². The molecule has 1 aromatic rings. The second kappa shape index (κ2) is 3.59. The Labute approximate surface area is 82.9 Å². The van der Waals surface area contributed by atoms with E-state index >= 15 is 0 Å². The Morgan fingerprint density at radius 2 is 1.92 bits per heavy atom. The molecule has 0 aliphatic heterocycles. The summed E-state index contributed by atoms with van der Waals surface area (Å²) in [6, 6.07) is 3.61. The first kappa shape index (κ1) is 10.4. The molecule has 0 bridgehead atoms. The van der Waals surface area contributed by atoms with Crippen LogP contribution in [0.5, 0.6) is 5.75 Å². The highest BCUT2D eigenvalue weighted by Gasteiger charge is 2.31. The predicted molar refractivity (Wildman–Crippen MR) is 44.0 cm³/mol. The maximum Gasteiger partial charge on any atom is 0.573 e. The summed E-state index contributed by atoms with van der Waals surface area (Å²) in [7, 11) is 0. The van der Waals surface area contributed by atoms with E-state index in [4.69, 9.17) is 11.6 Å². The van der Waals surface area contributed by atoms with Crippen LogP contribution >= 0.6 is 24.2 Å². The lowest BCUT2D eigenvalue weighted by atomic mass is 10.3. The summed E-state index contributed by atoms with van der Waals surface area (Å²) < 4.78 is 38.8. The lowest BCUT2D eigenvalue weighted by Gasteiger charge is -2.09. The molecule has 1 nitrogen and oxygen atoms in total. The van der Waals surface area contributed by atoms with Gasteiger partial charge in [0.2, 0.25) is 0 Å². The zero-order valence-corrected chi connectivity index (χ0v) is 7.63. The maximum atomic E-state index is 11.7. The first-order chi connectivity index (χ1) is 5.88.